The average molecular weight is 360 g/mol. The van der Waals surface area contributed by atoms with Crippen molar-refractivity contribution in [1.82, 2.24) is 10.2 Å². The van der Waals surface area contributed by atoms with Gasteiger partial charge in [-0.15, -0.1) is 0 Å². The highest BCUT2D eigenvalue weighted by Crippen LogP contribution is 2.33. The molecule has 1 aliphatic rings. The van der Waals surface area contributed by atoms with Crippen LogP contribution in [0.15, 0.2) is 18.2 Å². The second-order valence-corrected chi connectivity index (χ2v) is 6.89. The standard InChI is InChI=1S/C19H28F4N2/c1-3-14(4-2)12-25(17-7-9-24-10-8-17)13-15-11-16(20)5-6-18(15)19(21,22)23/h5-6,11,14,17,24H,3-4,7-10,12-13H2,1-2H3. The first-order chi connectivity index (χ1) is 11.8. The number of hydrogen-bond acceptors (Lipinski definition) is 2. The maximum Gasteiger partial charge on any atom is 0.416 e. The third-order valence-corrected chi connectivity index (χ3v) is 5.22. The van der Waals surface area contributed by atoms with Crippen molar-refractivity contribution in [3.8, 4) is 0 Å². The van der Waals surface area contributed by atoms with Gasteiger partial charge in [-0.1, -0.05) is 26.7 Å². The molecule has 1 aliphatic heterocycles. The van der Waals surface area contributed by atoms with E-state index in [1.807, 2.05) is 0 Å². The summed E-state index contributed by atoms with van der Waals surface area (Å²) >= 11 is 0. The van der Waals surface area contributed by atoms with Crippen LogP contribution < -0.4 is 5.32 Å². The van der Waals surface area contributed by atoms with Crippen molar-refractivity contribution in [2.75, 3.05) is 19.6 Å². The summed E-state index contributed by atoms with van der Waals surface area (Å²) in [5, 5.41) is 3.29. The predicted molar refractivity (Wildman–Crippen MR) is 91.8 cm³/mol. The average Bonchev–Trinajstić information content (AvgIpc) is 2.58. The van der Waals surface area contributed by atoms with Crippen molar-refractivity contribution >= 4 is 0 Å². The SMILES string of the molecule is CCC(CC)CN(Cc1cc(F)ccc1C(F)(F)F)C1CCNCC1. The highest BCUT2D eigenvalue weighted by atomic mass is 19.4. The molecule has 0 unspecified atom stereocenters. The molecule has 0 aliphatic carbocycles. The Balaban J connectivity index is 2.27. The van der Waals surface area contributed by atoms with Gasteiger partial charge in [0, 0.05) is 19.1 Å². The first kappa shape index (κ1) is 20.2. The number of nitrogens with one attached hydrogen (secondary N) is 1. The number of halogens is 4. The Labute approximate surface area is 147 Å². The largest absolute Gasteiger partial charge is 0.416 e. The fraction of sp³-hybridized carbons (Fsp3) is 0.684. The molecule has 1 aromatic rings. The fourth-order valence-corrected chi connectivity index (χ4v) is 3.58. The second kappa shape index (κ2) is 8.99. The van der Waals surface area contributed by atoms with E-state index in [1.165, 1.54) is 0 Å². The normalized spacial score (nSPS) is 16.8. The zero-order valence-corrected chi connectivity index (χ0v) is 15.0. The summed E-state index contributed by atoms with van der Waals surface area (Å²) in [7, 11) is 0. The van der Waals surface area contributed by atoms with Crippen LogP contribution in [0.5, 0.6) is 0 Å². The lowest BCUT2D eigenvalue weighted by Gasteiger charge is -2.37. The van der Waals surface area contributed by atoms with E-state index in [2.05, 4.69) is 24.1 Å². The molecule has 0 aromatic heterocycles. The summed E-state index contributed by atoms with van der Waals surface area (Å²) < 4.78 is 53.6. The molecule has 0 atom stereocenters. The van der Waals surface area contributed by atoms with Gasteiger partial charge in [0.15, 0.2) is 0 Å². The smallest absolute Gasteiger partial charge is 0.317 e. The van der Waals surface area contributed by atoms with Crippen molar-refractivity contribution in [2.45, 2.75) is 58.3 Å². The van der Waals surface area contributed by atoms with Gasteiger partial charge >= 0.3 is 6.18 Å². The Kier molecular flexibility index (Phi) is 7.25. The topological polar surface area (TPSA) is 15.3 Å². The molecular formula is C19H28F4N2. The van der Waals surface area contributed by atoms with E-state index < -0.39 is 17.6 Å². The second-order valence-electron chi connectivity index (χ2n) is 6.89. The zero-order chi connectivity index (χ0) is 18.4. The van der Waals surface area contributed by atoms with Crippen molar-refractivity contribution in [3.05, 3.63) is 35.1 Å². The zero-order valence-electron chi connectivity index (χ0n) is 15.0. The van der Waals surface area contributed by atoms with Gasteiger partial charge in [-0.2, -0.15) is 13.2 Å². The molecule has 1 fully saturated rings. The number of nitrogens with zero attached hydrogens (tertiary/aromatic N) is 1. The molecular weight excluding hydrogens is 332 g/mol. The summed E-state index contributed by atoms with van der Waals surface area (Å²) in [6.45, 7) is 6.87. The predicted octanol–water partition coefficient (Wildman–Crippen LogP) is 4.83. The highest BCUT2D eigenvalue weighted by Gasteiger charge is 2.34. The van der Waals surface area contributed by atoms with Crippen LogP contribution in [-0.2, 0) is 12.7 Å². The molecule has 0 bridgehead atoms. The quantitative estimate of drug-likeness (QED) is 0.701. The molecule has 0 amide bonds. The lowest BCUT2D eigenvalue weighted by Crippen LogP contribution is -2.44. The number of rotatable bonds is 7. The van der Waals surface area contributed by atoms with Crippen LogP contribution in [0.4, 0.5) is 17.6 Å². The van der Waals surface area contributed by atoms with E-state index in [1.54, 1.807) is 0 Å². The lowest BCUT2D eigenvalue weighted by molar-refractivity contribution is -0.138. The summed E-state index contributed by atoms with van der Waals surface area (Å²) in [6, 6.07) is 3.04. The first-order valence-corrected chi connectivity index (χ1v) is 9.15. The van der Waals surface area contributed by atoms with E-state index in [-0.39, 0.29) is 18.2 Å². The van der Waals surface area contributed by atoms with Gasteiger partial charge in [0.05, 0.1) is 5.56 Å². The number of hydrogen-bond donors (Lipinski definition) is 1. The van der Waals surface area contributed by atoms with Crippen molar-refractivity contribution in [1.29, 1.82) is 0 Å². The lowest BCUT2D eigenvalue weighted by atomic mass is 9.97. The molecule has 0 saturated carbocycles. The van der Waals surface area contributed by atoms with Crippen LogP contribution in [0.2, 0.25) is 0 Å². The maximum atomic E-state index is 13.6. The van der Waals surface area contributed by atoms with Crippen LogP contribution in [0.1, 0.15) is 50.7 Å². The van der Waals surface area contributed by atoms with Gasteiger partial charge < -0.3 is 5.32 Å². The summed E-state index contributed by atoms with van der Waals surface area (Å²) in [6.07, 6.45) is -0.647. The Morgan fingerprint density at radius 3 is 2.36 bits per heavy atom. The molecule has 1 N–H and O–H groups in total. The molecule has 2 rings (SSSR count). The van der Waals surface area contributed by atoms with Crippen LogP contribution in [0.25, 0.3) is 0 Å². The van der Waals surface area contributed by atoms with E-state index in [4.69, 9.17) is 0 Å². The molecule has 6 heteroatoms. The van der Waals surface area contributed by atoms with Crippen LogP contribution >= 0.6 is 0 Å². The van der Waals surface area contributed by atoms with Gasteiger partial charge in [-0.05, 0) is 55.6 Å². The van der Waals surface area contributed by atoms with Crippen molar-refractivity contribution in [3.63, 3.8) is 0 Å². The molecule has 1 saturated heterocycles. The fourth-order valence-electron chi connectivity index (χ4n) is 3.58. The Hall–Kier alpha value is -1.14. The molecule has 1 heterocycles. The third kappa shape index (κ3) is 5.68. The van der Waals surface area contributed by atoms with Gasteiger partial charge in [0.2, 0.25) is 0 Å². The van der Waals surface area contributed by atoms with Crippen LogP contribution in [-0.4, -0.2) is 30.6 Å². The van der Waals surface area contributed by atoms with E-state index in [0.29, 0.717) is 5.92 Å². The summed E-state index contributed by atoms with van der Waals surface area (Å²) in [5.74, 6) is -0.173. The Morgan fingerprint density at radius 1 is 1.16 bits per heavy atom. The molecule has 1 aromatic carbocycles. The third-order valence-electron chi connectivity index (χ3n) is 5.22. The molecule has 0 radical (unpaired) electrons. The molecule has 25 heavy (non-hydrogen) atoms. The summed E-state index contributed by atoms with van der Waals surface area (Å²) in [5.41, 5.74) is -0.686. The highest BCUT2D eigenvalue weighted by molar-refractivity contribution is 5.30. The van der Waals surface area contributed by atoms with E-state index in [9.17, 15) is 17.6 Å². The minimum absolute atomic E-state index is 0.0389. The monoisotopic (exact) mass is 360 g/mol. The number of benzene rings is 1. The maximum absolute atomic E-state index is 13.6. The van der Waals surface area contributed by atoms with Gasteiger partial charge in [0.25, 0.3) is 0 Å². The summed E-state index contributed by atoms with van der Waals surface area (Å²) in [4.78, 5) is 2.14. The van der Waals surface area contributed by atoms with Crippen molar-refractivity contribution in [2.24, 2.45) is 5.92 Å². The van der Waals surface area contributed by atoms with Gasteiger partial charge in [0.1, 0.15) is 5.82 Å². The van der Waals surface area contributed by atoms with Crippen molar-refractivity contribution < 1.29 is 17.6 Å². The molecule has 142 valence electrons. The minimum Gasteiger partial charge on any atom is -0.317 e. The van der Waals surface area contributed by atoms with E-state index >= 15 is 0 Å². The molecule has 2 nitrogen and oxygen atoms in total. The van der Waals surface area contributed by atoms with Gasteiger partial charge in [-0.25, -0.2) is 4.39 Å². The first-order valence-electron chi connectivity index (χ1n) is 9.15. The number of alkyl halides is 3. The number of piperidine rings is 1. The Morgan fingerprint density at radius 2 is 1.80 bits per heavy atom. The van der Waals surface area contributed by atoms with Crippen LogP contribution in [0.3, 0.4) is 0 Å². The van der Waals surface area contributed by atoms with E-state index in [0.717, 1.165) is 63.5 Å². The van der Waals surface area contributed by atoms with Gasteiger partial charge in [-0.3, -0.25) is 4.90 Å². The Bertz CT molecular complexity index is 535. The minimum atomic E-state index is -4.46. The van der Waals surface area contributed by atoms with Crippen LogP contribution in [0, 0.1) is 11.7 Å². The molecule has 0 spiro atoms.